The fraction of sp³-hybridized carbons (Fsp3) is 0.917. The number of nitrogens with zero attached hydrogens (tertiary/aromatic N) is 1. The standard InChI is InChI=1S/C12H23NO5S/c1-9(2)13-4-5-18-11(6-13)8-19(16,17)7-10(3)12(14)15/h9-11H,4-8H2,1-3H3,(H,14,15). The van der Waals surface area contributed by atoms with Crippen LogP contribution in [0.4, 0.5) is 0 Å². The highest BCUT2D eigenvalue weighted by Crippen LogP contribution is 2.12. The van der Waals surface area contributed by atoms with Crippen LogP contribution in [0.15, 0.2) is 0 Å². The van der Waals surface area contributed by atoms with Gasteiger partial charge in [-0.3, -0.25) is 9.69 Å². The largest absolute Gasteiger partial charge is 0.481 e. The van der Waals surface area contributed by atoms with Crippen LogP contribution in [0.5, 0.6) is 0 Å². The van der Waals surface area contributed by atoms with Crippen molar-refractivity contribution in [1.29, 1.82) is 0 Å². The van der Waals surface area contributed by atoms with Crippen LogP contribution in [0.3, 0.4) is 0 Å². The SMILES string of the molecule is CC(CS(=O)(=O)CC1CN(C(C)C)CCO1)C(=O)O. The third kappa shape index (κ3) is 5.46. The molecule has 1 saturated heterocycles. The summed E-state index contributed by atoms with van der Waals surface area (Å²) in [4.78, 5) is 12.9. The molecule has 1 N–H and O–H groups in total. The molecule has 6 nitrogen and oxygen atoms in total. The average molecular weight is 293 g/mol. The summed E-state index contributed by atoms with van der Waals surface area (Å²) in [6.45, 7) is 7.43. The number of morpholine rings is 1. The molecular formula is C12H23NO5S. The Morgan fingerprint density at radius 2 is 2.05 bits per heavy atom. The van der Waals surface area contributed by atoms with Crippen molar-refractivity contribution in [2.75, 3.05) is 31.2 Å². The number of carboxylic acid groups (broad SMARTS) is 1. The van der Waals surface area contributed by atoms with E-state index >= 15 is 0 Å². The van der Waals surface area contributed by atoms with Crippen LogP contribution < -0.4 is 0 Å². The smallest absolute Gasteiger partial charge is 0.307 e. The number of ether oxygens (including phenoxy) is 1. The number of carbonyl (C=O) groups is 1. The van der Waals surface area contributed by atoms with Gasteiger partial charge in [0.15, 0.2) is 9.84 Å². The lowest BCUT2D eigenvalue weighted by Gasteiger charge is -2.35. The maximum atomic E-state index is 11.9. The van der Waals surface area contributed by atoms with Crippen molar-refractivity contribution in [3.05, 3.63) is 0 Å². The van der Waals surface area contributed by atoms with Crippen LogP contribution in [0.1, 0.15) is 20.8 Å². The summed E-state index contributed by atoms with van der Waals surface area (Å²) in [5, 5.41) is 8.76. The van der Waals surface area contributed by atoms with Gasteiger partial charge in [0.25, 0.3) is 0 Å². The second-order valence-corrected chi connectivity index (χ2v) is 7.55. The quantitative estimate of drug-likeness (QED) is 0.755. The Bertz CT molecular complexity index is 406. The molecule has 0 radical (unpaired) electrons. The van der Waals surface area contributed by atoms with Gasteiger partial charge in [0.1, 0.15) is 0 Å². The van der Waals surface area contributed by atoms with E-state index in [-0.39, 0.29) is 17.6 Å². The molecule has 0 aliphatic carbocycles. The van der Waals surface area contributed by atoms with E-state index in [1.165, 1.54) is 6.92 Å². The molecule has 0 spiro atoms. The summed E-state index contributed by atoms with van der Waals surface area (Å²) in [5.41, 5.74) is 0. The molecule has 1 aliphatic rings. The Kier molecular flexibility index (Phi) is 5.76. The number of aliphatic carboxylic acids is 1. The summed E-state index contributed by atoms with van der Waals surface area (Å²) in [5.74, 6) is -2.40. The molecule has 0 saturated carbocycles. The predicted octanol–water partition coefficient (Wildman–Crippen LogP) is 0.231. The van der Waals surface area contributed by atoms with E-state index in [0.717, 1.165) is 6.54 Å². The molecule has 1 heterocycles. The van der Waals surface area contributed by atoms with Gasteiger partial charge in [-0.1, -0.05) is 6.92 Å². The molecule has 0 amide bonds. The molecule has 2 atom stereocenters. The first-order valence-electron chi connectivity index (χ1n) is 6.50. The van der Waals surface area contributed by atoms with Crippen LogP contribution in [-0.4, -0.2) is 67.7 Å². The van der Waals surface area contributed by atoms with Crippen molar-refractivity contribution in [3.63, 3.8) is 0 Å². The summed E-state index contributed by atoms with van der Waals surface area (Å²) >= 11 is 0. The topological polar surface area (TPSA) is 83.9 Å². The fourth-order valence-electron chi connectivity index (χ4n) is 2.12. The first kappa shape index (κ1) is 16.4. The molecule has 1 aliphatic heterocycles. The average Bonchev–Trinajstić information content (AvgIpc) is 2.27. The highest BCUT2D eigenvalue weighted by molar-refractivity contribution is 7.91. The Hall–Kier alpha value is -0.660. The maximum absolute atomic E-state index is 11.9. The minimum Gasteiger partial charge on any atom is -0.481 e. The third-order valence-corrected chi connectivity index (χ3v) is 5.15. The minimum absolute atomic E-state index is 0.103. The van der Waals surface area contributed by atoms with Crippen molar-refractivity contribution in [3.8, 4) is 0 Å². The molecular weight excluding hydrogens is 270 g/mol. The van der Waals surface area contributed by atoms with Gasteiger partial charge in [-0.2, -0.15) is 0 Å². The van der Waals surface area contributed by atoms with Crippen molar-refractivity contribution in [1.82, 2.24) is 4.90 Å². The lowest BCUT2D eigenvalue weighted by atomic mass is 10.2. The summed E-state index contributed by atoms with van der Waals surface area (Å²) in [7, 11) is -3.41. The number of rotatable bonds is 6. The predicted molar refractivity (Wildman–Crippen MR) is 71.9 cm³/mol. The summed E-state index contributed by atoms with van der Waals surface area (Å²) < 4.78 is 29.3. The maximum Gasteiger partial charge on any atom is 0.307 e. The summed E-state index contributed by atoms with van der Waals surface area (Å²) in [6.07, 6.45) is -0.359. The van der Waals surface area contributed by atoms with E-state index in [0.29, 0.717) is 19.2 Å². The molecule has 0 aromatic heterocycles. The number of hydrogen-bond donors (Lipinski definition) is 1. The first-order valence-corrected chi connectivity index (χ1v) is 8.32. The van der Waals surface area contributed by atoms with Gasteiger partial charge in [0, 0.05) is 19.1 Å². The van der Waals surface area contributed by atoms with Gasteiger partial charge in [-0.05, 0) is 13.8 Å². The summed E-state index contributed by atoms with van der Waals surface area (Å²) in [6, 6.07) is 0.354. The van der Waals surface area contributed by atoms with Gasteiger partial charge >= 0.3 is 5.97 Å². The molecule has 1 fully saturated rings. The van der Waals surface area contributed by atoms with E-state index in [9.17, 15) is 13.2 Å². The molecule has 0 aromatic carbocycles. The molecule has 19 heavy (non-hydrogen) atoms. The number of carboxylic acids is 1. The van der Waals surface area contributed by atoms with E-state index < -0.39 is 21.7 Å². The lowest BCUT2D eigenvalue weighted by Crippen LogP contribution is -2.48. The molecule has 0 aromatic rings. The third-order valence-electron chi connectivity index (χ3n) is 3.27. The molecule has 7 heteroatoms. The highest BCUT2D eigenvalue weighted by Gasteiger charge is 2.29. The number of sulfone groups is 1. The minimum atomic E-state index is -3.41. The van der Waals surface area contributed by atoms with Crippen molar-refractivity contribution in [2.45, 2.75) is 32.9 Å². The molecule has 1 rings (SSSR count). The van der Waals surface area contributed by atoms with E-state index in [1.54, 1.807) is 0 Å². The van der Waals surface area contributed by atoms with Crippen LogP contribution in [0.25, 0.3) is 0 Å². The zero-order chi connectivity index (χ0) is 14.6. The second kappa shape index (κ2) is 6.67. The van der Waals surface area contributed by atoms with Gasteiger partial charge in [-0.25, -0.2) is 8.42 Å². The van der Waals surface area contributed by atoms with E-state index in [1.807, 2.05) is 0 Å². The van der Waals surface area contributed by atoms with Crippen molar-refractivity contribution >= 4 is 15.8 Å². The first-order chi connectivity index (χ1) is 8.71. The monoisotopic (exact) mass is 293 g/mol. The van der Waals surface area contributed by atoms with Crippen LogP contribution in [-0.2, 0) is 19.4 Å². The number of hydrogen-bond acceptors (Lipinski definition) is 5. The zero-order valence-corrected chi connectivity index (χ0v) is 12.5. The van der Waals surface area contributed by atoms with Gasteiger partial charge in [-0.15, -0.1) is 0 Å². The van der Waals surface area contributed by atoms with Gasteiger partial charge in [0.05, 0.1) is 30.1 Å². The molecule has 0 bridgehead atoms. The molecule has 2 unspecified atom stereocenters. The second-order valence-electron chi connectivity index (χ2n) is 5.40. The fourth-order valence-corrected chi connectivity index (χ4v) is 3.92. The van der Waals surface area contributed by atoms with Gasteiger partial charge in [0.2, 0.25) is 0 Å². The van der Waals surface area contributed by atoms with Crippen LogP contribution in [0.2, 0.25) is 0 Å². The Balaban J connectivity index is 2.55. The Labute approximate surface area is 114 Å². The zero-order valence-electron chi connectivity index (χ0n) is 11.7. The highest BCUT2D eigenvalue weighted by atomic mass is 32.2. The van der Waals surface area contributed by atoms with Crippen LogP contribution in [0, 0.1) is 5.92 Å². The van der Waals surface area contributed by atoms with Crippen molar-refractivity contribution < 1.29 is 23.1 Å². The van der Waals surface area contributed by atoms with E-state index in [2.05, 4.69) is 18.7 Å². The van der Waals surface area contributed by atoms with Crippen LogP contribution >= 0.6 is 0 Å². The van der Waals surface area contributed by atoms with Crippen molar-refractivity contribution in [2.24, 2.45) is 5.92 Å². The Morgan fingerprint density at radius 3 is 2.58 bits per heavy atom. The molecule has 112 valence electrons. The van der Waals surface area contributed by atoms with Gasteiger partial charge < -0.3 is 9.84 Å². The Morgan fingerprint density at radius 1 is 1.42 bits per heavy atom. The van der Waals surface area contributed by atoms with E-state index in [4.69, 9.17) is 9.84 Å². The normalized spacial score (nSPS) is 23.5. The lowest BCUT2D eigenvalue weighted by molar-refractivity contribution is -0.140.